The molecule has 42 heavy (non-hydrogen) atoms. The second kappa shape index (κ2) is 11.8. The molecule has 2 saturated heterocycles. The Morgan fingerprint density at radius 2 is 1.86 bits per heavy atom. The van der Waals surface area contributed by atoms with Crippen molar-refractivity contribution >= 4 is 33.2 Å². The molecule has 0 aromatic carbocycles. The molecular formula is C20H26N7O13P2+. The van der Waals surface area contributed by atoms with Gasteiger partial charge in [-0.2, -0.15) is 4.98 Å². The van der Waals surface area contributed by atoms with Crippen LogP contribution in [0.5, 0.6) is 0 Å². The minimum Gasteiger partial charge on any atom is -0.390 e. The Kier molecular flexibility index (Phi) is 8.55. The number of nitrogens with one attached hydrogen (secondary N) is 2. The number of nitrogens with two attached hydrogens (primary N) is 1. The third-order valence-corrected chi connectivity index (χ3v) is 8.00. The molecule has 0 amide bonds. The summed E-state index contributed by atoms with van der Waals surface area (Å²) in [4.78, 5) is 67.9. The van der Waals surface area contributed by atoms with Crippen molar-refractivity contribution in [2.24, 2.45) is 0 Å². The molecule has 0 bridgehead atoms. The van der Waals surface area contributed by atoms with E-state index in [9.17, 15) is 33.5 Å². The summed E-state index contributed by atoms with van der Waals surface area (Å²) in [6, 6.07) is 0. The van der Waals surface area contributed by atoms with Gasteiger partial charge in [-0.15, -0.1) is 9.42 Å². The lowest BCUT2D eigenvalue weighted by Gasteiger charge is -2.21. The second-order valence-electron chi connectivity index (χ2n) is 9.49. The van der Waals surface area contributed by atoms with Crippen LogP contribution in [0.15, 0.2) is 26.9 Å². The number of ether oxygens (including phenoxy) is 2. The number of aliphatic hydroxyl groups excluding tert-OH is 1. The number of fused-ring (bicyclic) bond motifs is 1. The first-order chi connectivity index (χ1) is 19.8. The predicted octanol–water partition coefficient (Wildman–Crippen LogP) is -1.34. The topological polar surface area (TPSA) is 285 Å². The number of rotatable bonds is 10. The van der Waals surface area contributed by atoms with Gasteiger partial charge in [0.1, 0.15) is 37.4 Å². The number of H-pyrrole nitrogens is 2. The summed E-state index contributed by atoms with van der Waals surface area (Å²) in [6.07, 6.45) is -4.40. The number of hydrogen-bond acceptors (Lipinski definition) is 14. The zero-order valence-electron chi connectivity index (χ0n) is 21.6. The molecule has 22 heteroatoms. The number of nitrogen functional groups attached to an aromatic ring is 1. The quantitative estimate of drug-likeness (QED) is 0.141. The summed E-state index contributed by atoms with van der Waals surface area (Å²) in [5.74, 6) is -0.190. The van der Waals surface area contributed by atoms with E-state index in [0.29, 0.717) is 0 Å². The molecule has 0 saturated carbocycles. The van der Waals surface area contributed by atoms with Crippen LogP contribution in [0.2, 0.25) is 0 Å². The van der Waals surface area contributed by atoms with Crippen LogP contribution in [-0.4, -0.2) is 81.6 Å². The van der Waals surface area contributed by atoms with E-state index >= 15 is 0 Å². The SMILES string of the molecule is Cc1cn([C@H]2C[C@H](O)[C@@H](COP(=O)(O)O[C@H]3C[C@H](n4cnc5c(=O)[nH]c(N)nc54)O[C@@H]3CO[P+](=O)O)O2)c(=O)[nH]c1=O. The number of phosphoric acid groups is 1. The van der Waals surface area contributed by atoms with Crippen LogP contribution in [-0.2, 0) is 32.2 Å². The van der Waals surface area contributed by atoms with Gasteiger partial charge in [0.05, 0.1) is 19.0 Å². The van der Waals surface area contributed by atoms with Gasteiger partial charge in [0, 0.05) is 29.2 Å². The summed E-state index contributed by atoms with van der Waals surface area (Å²) in [7, 11) is -7.92. The Bertz CT molecular complexity index is 1720. The molecule has 228 valence electrons. The van der Waals surface area contributed by atoms with Gasteiger partial charge in [-0.1, -0.05) is 0 Å². The Balaban J connectivity index is 1.27. The fourth-order valence-corrected chi connectivity index (χ4v) is 5.86. The molecule has 20 nitrogen and oxygen atoms in total. The molecule has 0 aliphatic carbocycles. The third-order valence-electron chi connectivity index (χ3n) is 6.62. The maximum Gasteiger partial charge on any atom is 0.694 e. The fraction of sp³-hybridized carbons (Fsp3) is 0.550. The summed E-state index contributed by atoms with van der Waals surface area (Å²) < 4.78 is 53.0. The van der Waals surface area contributed by atoms with E-state index in [1.807, 2.05) is 0 Å². The summed E-state index contributed by atoms with van der Waals surface area (Å²) in [5.41, 5.74) is 3.92. The van der Waals surface area contributed by atoms with Crippen LogP contribution in [0.1, 0.15) is 30.9 Å². The van der Waals surface area contributed by atoms with Crippen molar-refractivity contribution in [3.63, 3.8) is 0 Å². The maximum absolute atomic E-state index is 12.9. The van der Waals surface area contributed by atoms with Gasteiger partial charge in [-0.3, -0.25) is 37.7 Å². The highest BCUT2D eigenvalue weighted by atomic mass is 31.2. The average Bonchev–Trinajstić information content (AvgIpc) is 3.60. The fourth-order valence-electron chi connectivity index (χ4n) is 4.63. The number of aliphatic hydroxyl groups is 1. The molecule has 0 radical (unpaired) electrons. The van der Waals surface area contributed by atoms with Crippen molar-refractivity contribution in [3.8, 4) is 0 Å². The van der Waals surface area contributed by atoms with E-state index < -0.39 is 83.0 Å². The third kappa shape index (κ3) is 6.42. The Labute approximate surface area is 234 Å². The lowest BCUT2D eigenvalue weighted by atomic mass is 10.2. The lowest BCUT2D eigenvalue weighted by Crippen LogP contribution is -2.33. The molecule has 2 unspecified atom stereocenters. The minimum absolute atomic E-state index is 0.0488. The Morgan fingerprint density at radius 1 is 1.14 bits per heavy atom. The van der Waals surface area contributed by atoms with E-state index in [0.717, 1.165) is 4.57 Å². The highest BCUT2D eigenvalue weighted by Gasteiger charge is 2.45. The highest BCUT2D eigenvalue weighted by molar-refractivity contribution is 7.47. The second-order valence-corrected chi connectivity index (χ2v) is 11.6. The van der Waals surface area contributed by atoms with Gasteiger partial charge >= 0.3 is 21.8 Å². The number of nitrogens with zero attached hydrogens (tertiary/aromatic N) is 4. The van der Waals surface area contributed by atoms with Gasteiger partial charge in [0.15, 0.2) is 11.2 Å². The Morgan fingerprint density at radius 3 is 2.60 bits per heavy atom. The first-order valence-corrected chi connectivity index (χ1v) is 14.9. The van der Waals surface area contributed by atoms with Crippen molar-refractivity contribution in [1.29, 1.82) is 0 Å². The zero-order valence-corrected chi connectivity index (χ0v) is 23.4. The molecule has 2 aliphatic heterocycles. The van der Waals surface area contributed by atoms with Crippen LogP contribution in [0, 0.1) is 6.92 Å². The van der Waals surface area contributed by atoms with Gasteiger partial charge in [0.25, 0.3) is 11.1 Å². The van der Waals surface area contributed by atoms with Crippen LogP contribution in [0.25, 0.3) is 11.2 Å². The van der Waals surface area contributed by atoms with E-state index in [1.165, 1.54) is 24.0 Å². The normalized spacial score (nSPS) is 27.9. The highest BCUT2D eigenvalue weighted by Crippen LogP contribution is 2.49. The van der Waals surface area contributed by atoms with Crippen molar-refractivity contribution in [1.82, 2.24) is 29.1 Å². The van der Waals surface area contributed by atoms with Gasteiger partial charge in [-0.05, 0) is 6.92 Å². The number of aromatic nitrogens is 6. The van der Waals surface area contributed by atoms with E-state index in [1.54, 1.807) is 0 Å². The zero-order chi connectivity index (χ0) is 30.3. The number of aryl methyl sites for hydroxylation is 1. The molecule has 3 aromatic heterocycles. The summed E-state index contributed by atoms with van der Waals surface area (Å²) in [5, 5.41) is 10.4. The minimum atomic E-state index is -4.88. The average molecular weight is 634 g/mol. The van der Waals surface area contributed by atoms with Gasteiger partial charge < -0.3 is 25.2 Å². The molecule has 2 fully saturated rings. The summed E-state index contributed by atoms with van der Waals surface area (Å²) >= 11 is 0. The first-order valence-electron chi connectivity index (χ1n) is 12.3. The number of aromatic amines is 2. The summed E-state index contributed by atoms with van der Waals surface area (Å²) in [6.45, 7) is 0.339. The van der Waals surface area contributed by atoms with E-state index in [4.69, 9.17) is 33.7 Å². The smallest absolute Gasteiger partial charge is 0.390 e. The van der Waals surface area contributed by atoms with Crippen molar-refractivity contribution in [2.75, 3.05) is 18.9 Å². The van der Waals surface area contributed by atoms with Crippen LogP contribution >= 0.6 is 16.1 Å². The first kappa shape index (κ1) is 30.3. The molecular weight excluding hydrogens is 608 g/mol. The van der Waals surface area contributed by atoms with Crippen molar-refractivity contribution in [2.45, 2.75) is 56.6 Å². The number of hydrogen-bond donors (Lipinski definition) is 6. The monoisotopic (exact) mass is 634 g/mol. The molecule has 8 atom stereocenters. The lowest BCUT2D eigenvalue weighted by molar-refractivity contribution is -0.0550. The maximum atomic E-state index is 12.9. The van der Waals surface area contributed by atoms with Gasteiger partial charge in [-0.25, -0.2) is 14.3 Å². The van der Waals surface area contributed by atoms with E-state index in [-0.39, 0.29) is 35.5 Å². The van der Waals surface area contributed by atoms with Crippen molar-refractivity contribution in [3.05, 3.63) is 49.3 Å². The number of phosphoric ester groups is 1. The number of imidazole rings is 1. The number of anilines is 1. The van der Waals surface area contributed by atoms with Crippen LogP contribution < -0.4 is 22.5 Å². The van der Waals surface area contributed by atoms with Crippen molar-refractivity contribution < 1.29 is 47.1 Å². The van der Waals surface area contributed by atoms with Crippen LogP contribution in [0.3, 0.4) is 0 Å². The molecule has 2 aliphatic rings. The molecule has 0 spiro atoms. The van der Waals surface area contributed by atoms with E-state index in [2.05, 4.69) is 19.9 Å². The predicted molar refractivity (Wildman–Crippen MR) is 138 cm³/mol. The standard InChI is InChI=1S/C20H25N7O13P2/c1-8-4-26(20(31)25-17(8)29)13-2-9(28)11(38-13)6-37-42(34,35)40-10-3-14(39-12(10)5-36-41(32)33)27-7-22-15-16(27)23-19(21)24-18(15)30/h4,7,9-14,28H,2-3,5-6H2,1H3,(H5-,21,23,24,25,29,30,31,32,33,34,35)/p+1/t9-,10-,11+,12+,13+,14+/m0/s1. The molecule has 5 heterocycles. The Hall–Kier alpha value is -3.16. The van der Waals surface area contributed by atoms with Crippen LogP contribution in [0.4, 0.5) is 5.95 Å². The molecule has 3 aromatic rings. The molecule has 5 rings (SSSR count). The largest absolute Gasteiger partial charge is 0.694 e. The molecule has 7 N–H and O–H groups in total. The van der Waals surface area contributed by atoms with Gasteiger partial charge in [0.2, 0.25) is 5.95 Å².